The van der Waals surface area contributed by atoms with Gasteiger partial charge in [0.2, 0.25) is 0 Å². The van der Waals surface area contributed by atoms with E-state index in [0.717, 1.165) is 5.56 Å². The lowest BCUT2D eigenvalue weighted by Crippen LogP contribution is -2.36. The summed E-state index contributed by atoms with van der Waals surface area (Å²) < 4.78 is 1.21. The van der Waals surface area contributed by atoms with Crippen LogP contribution in [0.5, 0.6) is 0 Å². The molecule has 0 saturated carbocycles. The number of hydrogen-bond donors (Lipinski definition) is 1. The van der Waals surface area contributed by atoms with Crippen LogP contribution in [0.1, 0.15) is 49.9 Å². The topological polar surface area (TPSA) is 64.0 Å². The molecule has 0 aromatic carbocycles. The molecule has 0 radical (unpaired) electrons. The first kappa shape index (κ1) is 16.4. The molecule has 0 aliphatic rings. The minimum Gasteiger partial charge on any atom is -0.345 e. The van der Waals surface area contributed by atoms with Gasteiger partial charge in [-0.1, -0.05) is 0 Å². The second-order valence-corrected chi connectivity index (χ2v) is 7.04. The van der Waals surface area contributed by atoms with E-state index < -0.39 is 0 Å². The summed E-state index contributed by atoms with van der Waals surface area (Å²) in [6.45, 7) is 9.56. The smallest absolute Gasteiger partial charge is 0.279 e. The molecule has 0 saturated heterocycles. The number of nitrogens with one attached hydrogen (secondary N) is 1. The lowest BCUT2D eigenvalue weighted by Gasteiger charge is -2.15. The largest absolute Gasteiger partial charge is 0.345 e. The summed E-state index contributed by atoms with van der Waals surface area (Å²) in [6, 6.07) is 1.93. The van der Waals surface area contributed by atoms with Crippen LogP contribution in [0.4, 0.5) is 0 Å². The van der Waals surface area contributed by atoms with Crippen LogP contribution in [0.3, 0.4) is 0 Å². The van der Waals surface area contributed by atoms with E-state index in [0.29, 0.717) is 11.3 Å². The lowest BCUT2D eigenvalue weighted by molar-refractivity contribution is 0.0936. The van der Waals surface area contributed by atoms with Gasteiger partial charge in [-0.3, -0.25) is 9.59 Å². The van der Waals surface area contributed by atoms with Crippen LogP contribution in [-0.2, 0) is 7.05 Å². The molecule has 22 heavy (non-hydrogen) atoms. The van der Waals surface area contributed by atoms with Crippen LogP contribution in [0.2, 0.25) is 0 Å². The van der Waals surface area contributed by atoms with Crippen molar-refractivity contribution in [1.29, 1.82) is 0 Å². The van der Waals surface area contributed by atoms with E-state index in [1.165, 1.54) is 14.4 Å². The quantitative estimate of drug-likeness (QED) is 0.945. The maximum atomic E-state index is 12.5. The predicted octanol–water partition coefficient (Wildman–Crippen LogP) is 2.57. The van der Waals surface area contributed by atoms with Gasteiger partial charge in [0, 0.05) is 16.8 Å². The first-order valence-corrected chi connectivity index (χ1v) is 7.96. The number of hydrogen-bond acceptors (Lipinski definition) is 4. The Morgan fingerprint density at radius 3 is 2.50 bits per heavy atom. The van der Waals surface area contributed by atoms with Crippen LogP contribution >= 0.6 is 11.3 Å². The van der Waals surface area contributed by atoms with Crippen molar-refractivity contribution in [3.05, 3.63) is 48.6 Å². The van der Waals surface area contributed by atoms with Gasteiger partial charge in [-0.05, 0) is 51.8 Å². The molecule has 0 aliphatic heterocycles. The zero-order chi connectivity index (χ0) is 16.6. The molecule has 2 rings (SSSR count). The second kappa shape index (κ2) is 6.04. The summed E-state index contributed by atoms with van der Waals surface area (Å²) in [7, 11) is 1.56. The van der Waals surface area contributed by atoms with Crippen molar-refractivity contribution >= 4 is 17.2 Å². The molecule has 1 unspecified atom stereocenters. The summed E-state index contributed by atoms with van der Waals surface area (Å²) in [6.07, 6.45) is 0. The van der Waals surface area contributed by atoms with Crippen molar-refractivity contribution in [3.63, 3.8) is 0 Å². The number of carbonyl (C=O) groups excluding carboxylic acids is 1. The zero-order valence-electron chi connectivity index (χ0n) is 13.8. The second-order valence-electron chi connectivity index (χ2n) is 5.58. The molecular weight excluding hydrogens is 298 g/mol. The van der Waals surface area contributed by atoms with Crippen molar-refractivity contribution in [2.24, 2.45) is 7.05 Å². The van der Waals surface area contributed by atoms with E-state index in [2.05, 4.69) is 16.5 Å². The van der Waals surface area contributed by atoms with Gasteiger partial charge in [-0.2, -0.15) is 5.10 Å². The van der Waals surface area contributed by atoms with Crippen molar-refractivity contribution in [2.45, 2.75) is 40.7 Å². The van der Waals surface area contributed by atoms with Crippen molar-refractivity contribution in [2.75, 3.05) is 0 Å². The van der Waals surface area contributed by atoms with Crippen LogP contribution in [-0.4, -0.2) is 15.7 Å². The normalized spacial score (nSPS) is 12.3. The minimum atomic E-state index is -0.369. The monoisotopic (exact) mass is 319 g/mol. The standard InChI is InChI=1S/C16H21N3O2S/c1-8-7-13(12(5)22-8)11(4)17-15(20)14-9(2)10(3)18-19(6)16(14)21/h7,11H,1-6H3,(H,17,20). The highest BCUT2D eigenvalue weighted by molar-refractivity contribution is 7.12. The van der Waals surface area contributed by atoms with E-state index in [1.54, 1.807) is 32.2 Å². The third-order valence-electron chi connectivity index (χ3n) is 3.85. The maximum absolute atomic E-state index is 12.5. The van der Waals surface area contributed by atoms with Gasteiger partial charge in [0.25, 0.3) is 11.5 Å². The van der Waals surface area contributed by atoms with Gasteiger partial charge in [0.05, 0.1) is 11.7 Å². The molecule has 2 aromatic rings. The molecule has 1 N–H and O–H groups in total. The third-order valence-corrected chi connectivity index (χ3v) is 4.83. The van der Waals surface area contributed by atoms with Gasteiger partial charge in [0.15, 0.2) is 0 Å². The van der Waals surface area contributed by atoms with Crippen LogP contribution in [0.25, 0.3) is 0 Å². The Bertz CT molecular complexity index is 789. The maximum Gasteiger partial charge on any atom is 0.279 e. The van der Waals surface area contributed by atoms with E-state index in [9.17, 15) is 9.59 Å². The summed E-state index contributed by atoms with van der Waals surface area (Å²) in [5, 5.41) is 7.03. The fourth-order valence-electron chi connectivity index (χ4n) is 2.54. The molecule has 6 heteroatoms. The number of aromatic nitrogens is 2. The molecule has 0 spiro atoms. The highest BCUT2D eigenvalue weighted by Crippen LogP contribution is 2.26. The molecular formula is C16H21N3O2S. The first-order chi connectivity index (χ1) is 10.2. The number of thiophene rings is 1. The fraction of sp³-hybridized carbons (Fsp3) is 0.438. The number of nitrogens with zero attached hydrogens (tertiary/aromatic N) is 2. The SMILES string of the molecule is Cc1cc(C(C)NC(=O)c2c(C)c(C)nn(C)c2=O)c(C)s1. The lowest BCUT2D eigenvalue weighted by atomic mass is 10.1. The summed E-state index contributed by atoms with van der Waals surface area (Å²) in [4.78, 5) is 27.1. The molecule has 2 heterocycles. The zero-order valence-corrected chi connectivity index (χ0v) is 14.6. The third kappa shape index (κ3) is 2.97. The Labute approximate surface area is 134 Å². The molecule has 1 atom stereocenters. The van der Waals surface area contributed by atoms with Gasteiger partial charge in [-0.25, -0.2) is 4.68 Å². The fourth-order valence-corrected chi connectivity index (χ4v) is 3.57. The molecule has 5 nitrogen and oxygen atoms in total. The van der Waals surface area contributed by atoms with Crippen LogP contribution in [0, 0.1) is 27.7 Å². The Balaban J connectivity index is 2.34. The van der Waals surface area contributed by atoms with Gasteiger partial charge >= 0.3 is 0 Å². The van der Waals surface area contributed by atoms with E-state index >= 15 is 0 Å². The molecule has 1 amide bonds. The van der Waals surface area contributed by atoms with E-state index in [1.807, 2.05) is 20.8 Å². The summed E-state index contributed by atoms with van der Waals surface area (Å²) in [5.74, 6) is -0.348. The van der Waals surface area contributed by atoms with Crippen LogP contribution in [0.15, 0.2) is 10.9 Å². The Morgan fingerprint density at radius 2 is 1.95 bits per heavy atom. The van der Waals surface area contributed by atoms with Crippen LogP contribution < -0.4 is 10.9 Å². The van der Waals surface area contributed by atoms with Crippen molar-refractivity contribution < 1.29 is 4.79 Å². The summed E-state index contributed by atoms with van der Waals surface area (Å²) >= 11 is 1.70. The van der Waals surface area contributed by atoms with Crippen molar-refractivity contribution in [1.82, 2.24) is 15.1 Å². The number of carbonyl (C=O) groups is 1. The Morgan fingerprint density at radius 1 is 1.32 bits per heavy atom. The molecule has 0 fully saturated rings. The highest BCUT2D eigenvalue weighted by atomic mass is 32.1. The average Bonchev–Trinajstić information content (AvgIpc) is 2.76. The molecule has 0 bridgehead atoms. The first-order valence-electron chi connectivity index (χ1n) is 7.14. The van der Waals surface area contributed by atoms with E-state index in [4.69, 9.17) is 0 Å². The van der Waals surface area contributed by atoms with Gasteiger partial charge in [-0.15, -0.1) is 11.3 Å². The van der Waals surface area contributed by atoms with E-state index in [-0.39, 0.29) is 23.1 Å². The number of aryl methyl sites for hydroxylation is 4. The average molecular weight is 319 g/mol. The molecule has 118 valence electrons. The Hall–Kier alpha value is -1.95. The predicted molar refractivity (Wildman–Crippen MR) is 88.6 cm³/mol. The Kier molecular flexibility index (Phi) is 4.51. The number of rotatable bonds is 3. The number of amides is 1. The van der Waals surface area contributed by atoms with Crippen molar-refractivity contribution in [3.8, 4) is 0 Å². The van der Waals surface area contributed by atoms with Gasteiger partial charge < -0.3 is 5.32 Å². The summed E-state index contributed by atoms with van der Waals surface area (Å²) in [5.41, 5.74) is 2.21. The van der Waals surface area contributed by atoms with Gasteiger partial charge in [0.1, 0.15) is 5.56 Å². The molecule has 2 aromatic heterocycles. The minimum absolute atomic E-state index is 0.143. The molecule has 0 aliphatic carbocycles. The highest BCUT2D eigenvalue weighted by Gasteiger charge is 2.21.